The number of benzene rings is 1. The van der Waals surface area contributed by atoms with Crippen LogP contribution in [0.25, 0.3) is 0 Å². The number of carbonyl (C=O) groups excluding carboxylic acids is 3. The molecule has 0 radical (unpaired) electrons. The number of ether oxygens (including phenoxy) is 2. The number of amides is 1. The average molecular weight is 351 g/mol. The number of nitrogens with zero attached hydrogens (tertiary/aromatic N) is 2. The zero-order valence-corrected chi connectivity index (χ0v) is 13.7. The van der Waals surface area contributed by atoms with Gasteiger partial charge in [-0.05, 0) is 24.6 Å². The third-order valence-corrected chi connectivity index (χ3v) is 4.21. The number of hydrazone groups is 1. The van der Waals surface area contributed by atoms with Crippen LogP contribution in [-0.2, 0) is 23.9 Å². The number of anilines is 1. The number of esters is 2. The number of halogens is 1. The summed E-state index contributed by atoms with van der Waals surface area (Å²) in [7, 11) is 0. The quantitative estimate of drug-likeness (QED) is 0.778. The number of carbonyl (C=O) groups is 3. The number of hydrogen-bond acceptors (Lipinski definition) is 6. The minimum Gasteiger partial charge on any atom is -0.463 e. The Morgan fingerprint density at radius 2 is 2.17 bits per heavy atom. The molecule has 2 aliphatic rings. The minimum absolute atomic E-state index is 0.0889. The number of hydrogen-bond donors (Lipinski definition) is 0. The molecular formula is C16H15ClN2O5. The highest BCUT2D eigenvalue weighted by Crippen LogP contribution is 2.26. The Bertz CT molecular complexity index is 746. The fourth-order valence-corrected chi connectivity index (χ4v) is 2.57. The molecule has 1 atom stereocenters. The van der Waals surface area contributed by atoms with Gasteiger partial charge in [0.2, 0.25) is 12.0 Å². The summed E-state index contributed by atoms with van der Waals surface area (Å²) in [4.78, 5) is 35.7. The summed E-state index contributed by atoms with van der Waals surface area (Å²) >= 11 is 6.08. The molecule has 7 nitrogen and oxygen atoms in total. The van der Waals surface area contributed by atoms with E-state index in [0.717, 1.165) is 10.6 Å². The lowest BCUT2D eigenvalue weighted by Crippen LogP contribution is -2.36. The third-order valence-electron chi connectivity index (χ3n) is 3.80. The summed E-state index contributed by atoms with van der Waals surface area (Å²) in [5.41, 5.74) is 1.43. The van der Waals surface area contributed by atoms with Crippen LogP contribution < -0.4 is 5.01 Å². The molecule has 0 spiro atoms. The topological polar surface area (TPSA) is 85.3 Å². The van der Waals surface area contributed by atoms with Crippen LogP contribution in [0.5, 0.6) is 0 Å². The van der Waals surface area contributed by atoms with Gasteiger partial charge in [-0.2, -0.15) is 5.10 Å². The molecule has 1 aromatic rings. The Balaban J connectivity index is 1.80. The van der Waals surface area contributed by atoms with Crippen molar-refractivity contribution in [1.82, 2.24) is 0 Å². The molecule has 0 saturated carbocycles. The summed E-state index contributed by atoms with van der Waals surface area (Å²) < 4.78 is 9.87. The molecule has 0 bridgehead atoms. The zero-order chi connectivity index (χ0) is 17.3. The molecule has 2 heterocycles. The molecule has 126 valence electrons. The van der Waals surface area contributed by atoms with Crippen LogP contribution in [0.3, 0.4) is 0 Å². The van der Waals surface area contributed by atoms with Crippen molar-refractivity contribution in [1.29, 1.82) is 0 Å². The van der Waals surface area contributed by atoms with Gasteiger partial charge in [-0.15, -0.1) is 0 Å². The highest BCUT2D eigenvalue weighted by atomic mass is 35.5. The Kier molecular flexibility index (Phi) is 4.53. The standard InChI is InChI=1S/C16H15ClN2O5/c1-9-2-3-10(8-11(9)17)19-14(20)5-4-12(18-19)15(21)24-13-6-7-23-16(13)22/h2-3,8,13H,4-7H2,1H3. The van der Waals surface area contributed by atoms with Crippen LogP contribution in [0, 0.1) is 6.92 Å². The van der Waals surface area contributed by atoms with E-state index in [1.807, 2.05) is 6.92 Å². The van der Waals surface area contributed by atoms with E-state index in [2.05, 4.69) is 5.10 Å². The van der Waals surface area contributed by atoms with E-state index in [0.29, 0.717) is 17.1 Å². The first kappa shape index (κ1) is 16.4. The van der Waals surface area contributed by atoms with Crippen molar-refractivity contribution in [2.45, 2.75) is 32.3 Å². The monoisotopic (exact) mass is 350 g/mol. The first-order chi connectivity index (χ1) is 11.5. The van der Waals surface area contributed by atoms with Crippen LogP contribution in [-0.4, -0.2) is 36.3 Å². The molecule has 1 fully saturated rings. The Morgan fingerprint density at radius 3 is 2.83 bits per heavy atom. The van der Waals surface area contributed by atoms with Crippen molar-refractivity contribution in [2.24, 2.45) is 5.10 Å². The van der Waals surface area contributed by atoms with E-state index in [1.165, 1.54) is 0 Å². The van der Waals surface area contributed by atoms with E-state index < -0.39 is 18.0 Å². The summed E-state index contributed by atoms with van der Waals surface area (Å²) in [6.07, 6.45) is -0.293. The number of aryl methyl sites for hydroxylation is 1. The summed E-state index contributed by atoms with van der Waals surface area (Å²) in [6, 6.07) is 5.08. The Labute approximate surface area is 143 Å². The fraction of sp³-hybridized carbons (Fsp3) is 0.375. The van der Waals surface area contributed by atoms with E-state index in [-0.39, 0.29) is 31.1 Å². The van der Waals surface area contributed by atoms with Gasteiger partial charge < -0.3 is 9.47 Å². The van der Waals surface area contributed by atoms with Gasteiger partial charge >= 0.3 is 11.9 Å². The first-order valence-electron chi connectivity index (χ1n) is 7.50. The van der Waals surface area contributed by atoms with Gasteiger partial charge in [0.05, 0.1) is 12.3 Å². The minimum atomic E-state index is -0.903. The van der Waals surface area contributed by atoms with Crippen LogP contribution in [0.1, 0.15) is 24.8 Å². The highest BCUT2D eigenvalue weighted by Gasteiger charge is 2.33. The lowest BCUT2D eigenvalue weighted by molar-refractivity contribution is -0.155. The lowest BCUT2D eigenvalue weighted by atomic mass is 10.1. The van der Waals surface area contributed by atoms with Gasteiger partial charge in [-0.25, -0.2) is 14.6 Å². The second-order valence-electron chi connectivity index (χ2n) is 5.54. The van der Waals surface area contributed by atoms with Crippen molar-refractivity contribution in [3.8, 4) is 0 Å². The molecule has 1 saturated heterocycles. The van der Waals surface area contributed by atoms with Crippen molar-refractivity contribution in [3.05, 3.63) is 28.8 Å². The second kappa shape index (κ2) is 6.60. The molecule has 0 aliphatic carbocycles. The molecule has 1 unspecified atom stereocenters. The van der Waals surface area contributed by atoms with Crippen LogP contribution in [0.2, 0.25) is 5.02 Å². The smallest absolute Gasteiger partial charge is 0.355 e. The maximum absolute atomic E-state index is 12.2. The van der Waals surface area contributed by atoms with Gasteiger partial charge in [0, 0.05) is 24.3 Å². The van der Waals surface area contributed by atoms with Crippen LogP contribution >= 0.6 is 11.6 Å². The van der Waals surface area contributed by atoms with Gasteiger partial charge in [0.25, 0.3) is 0 Å². The summed E-state index contributed by atoms with van der Waals surface area (Å²) in [5, 5.41) is 5.72. The molecule has 0 aromatic heterocycles. The normalized spacial score (nSPS) is 20.7. The predicted molar refractivity (Wildman–Crippen MR) is 85.8 cm³/mol. The van der Waals surface area contributed by atoms with Crippen molar-refractivity contribution in [3.63, 3.8) is 0 Å². The van der Waals surface area contributed by atoms with Crippen molar-refractivity contribution < 1.29 is 23.9 Å². The molecular weight excluding hydrogens is 336 g/mol. The van der Waals surface area contributed by atoms with Crippen LogP contribution in [0.4, 0.5) is 5.69 Å². The van der Waals surface area contributed by atoms with Gasteiger partial charge in [-0.3, -0.25) is 4.79 Å². The molecule has 3 rings (SSSR count). The zero-order valence-electron chi connectivity index (χ0n) is 13.0. The van der Waals surface area contributed by atoms with Crippen molar-refractivity contribution in [2.75, 3.05) is 11.6 Å². The molecule has 1 amide bonds. The van der Waals surface area contributed by atoms with Crippen LogP contribution in [0.15, 0.2) is 23.3 Å². The average Bonchev–Trinajstić information content (AvgIpc) is 2.95. The van der Waals surface area contributed by atoms with Gasteiger partial charge in [0.15, 0.2) is 0 Å². The molecule has 1 aromatic carbocycles. The Morgan fingerprint density at radius 1 is 1.38 bits per heavy atom. The highest BCUT2D eigenvalue weighted by molar-refractivity contribution is 6.38. The SMILES string of the molecule is Cc1ccc(N2N=C(C(=O)OC3CCOC3=O)CCC2=O)cc1Cl. The maximum Gasteiger partial charge on any atom is 0.355 e. The molecule has 8 heteroatoms. The van der Waals surface area contributed by atoms with Gasteiger partial charge in [0.1, 0.15) is 5.71 Å². The van der Waals surface area contributed by atoms with Crippen molar-refractivity contribution >= 4 is 40.8 Å². The number of rotatable bonds is 3. The van der Waals surface area contributed by atoms with E-state index >= 15 is 0 Å². The lowest BCUT2D eigenvalue weighted by Gasteiger charge is -2.23. The van der Waals surface area contributed by atoms with E-state index in [1.54, 1.807) is 18.2 Å². The fourth-order valence-electron chi connectivity index (χ4n) is 2.40. The van der Waals surface area contributed by atoms with Gasteiger partial charge in [-0.1, -0.05) is 17.7 Å². The first-order valence-corrected chi connectivity index (χ1v) is 7.87. The number of cyclic esters (lactones) is 1. The second-order valence-corrected chi connectivity index (χ2v) is 5.94. The molecule has 0 N–H and O–H groups in total. The predicted octanol–water partition coefficient (Wildman–Crippen LogP) is 1.99. The largest absolute Gasteiger partial charge is 0.463 e. The molecule has 2 aliphatic heterocycles. The third kappa shape index (κ3) is 3.26. The summed E-state index contributed by atoms with van der Waals surface area (Å²) in [6.45, 7) is 2.08. The van der Waals surface area contributed by atoms with E-state index in [4.69, 9.17) is 21.1 Å². The molecule has 24 heavy (non-hydrogen) atoms. The summed E-state index contributed by atoms with van der Waals surface area (Å²) in [5.74, 6) is -1.51. The maximum atomic E-state index is 12.2. The van der Waals surface area contributed by atoms with E-state index in [9.17, 15) is 14.4 Å². The Hall–Kier alpha value is -2.41.